The van der Waals surface area contributed by atoms with E-state index in [0.717, 1.165) is 37.9 Å². The van der Waals surface area contributed by atoms with Crippen molar-refractivity contribution in [2.75, 3.05) is 6.54 Å². The first kappa shape index (κ1) is 24.0. The summed E-state index contributed by atoms with van der Waals surface area (Å²) in [7, 11) is 0. The molecule has 1 aliphatic carbocycles. The average Bonchev–Trinajstić information content (AvgIpc) is 3.12. The number of hydrogen-bond acceptors (Lipinski definition) is 4. The molecule has 1 aliphatic heterocycles. The van der Waals surface area contributed by atoms with E-state index in [9.17, 15) is 23.1 Å². The molecule has 2 heterocycles. The molecule has 1 amide bonds. The van der Waals surface area contributed by atoms with E-state index in [1.165, 1.54) is 0 Å². The Morgan fingerprint density at radius 1 is 1.42 bits per heavy atom. The van der Waals surface area contributed by atoms with Crippen molar-refractivity contribution in [3.05, 3.63) is 29.1 Å². The topological polar surface area (TPSA) is 65.5 Å². The fraction of sp³-hybridized carbons (Fsp3) is 0.739. The minimum Gasteiger partial charge on any atom is -0.392 e. The zero-order valence-corrected chi connectivity index (χ0v) is 18.6. The molecule has 5 nitrogen and oxygen atoms in total. The molecular weight excluding hydrogens is 407 g/mol. The summed E-state index contributed by atoms with van der Waals surface area (Å²) in [5, 5.41) is 13.9. The smallest absolute Gasteiger partial charge is 0.392 e. The Bertz CT molecular complexity index is 786. The number of fused-ring (bicyclic) bond motifs is 1. The Balaban J connectivity index is 1.66. The molecule has 1 fully saturated rings. The minimum atomic E-state index is -4.44. The number of amides is 1. The van der Waals surface area contributed by atoms with Gasteiger partial charge < -0.3 is 15.3 Å². The predicted octanol–water partition coefficient (Wildman–Crippen LogP) is 4.07. The van der Waals surface area contributed by atoms with Crippen LogP contribution in [0.15, 0.2) is 12.3 Å². The van der Waals surface area contributed by atoms with Crippen molar-refractivity contribution in [1.82, 2.24) is 15.2 Å². The van der Waals surface area contributed by atoms with E-state index in [1.807, 2.05) is 13.8 Å². The standard InChI is InChI=1S/C23H34F3N3O2/c1-4-6-19(20(30)5-2)28-17-7-9-22(3,12-17)21(31)29-10-8-18-15(14-29)11-16(13-27-18)23(24,25)26/h11,13,17,19-20,28,30H,4-10,12,14H2,1-3H3/t17-,19?,20?,22+/m1/s1. The van der Waals surface area contributed by atoms with Gasteiger partial charge in [0.05, 0.1) is 11.7 Å². The van der Waals surface area contributed by atoms with Crippen molar-refractivity contribution < 1.29 is 23.1 Å². The average molecular weight is 442 g/mol. The van der Waals surface area contributed by atoms with Crippen LogP contribution >= 0.6 is 0 Å². The Kier molecular flexibility index (Phi) is 7.31. The lowest BCUT2D eigenvalue weighted by Crippen LogP contribution is -2.47. The van der Waals surface area contributed by atoms with Gasteiger partial charge in [-0.3, -0.25) is 9.78 Å². The summed E-state index contributed by atoms with van der Waals surface area (Å²) >= 11 is 0. The molecule has 0 aromatic carbocycles. The van der Waals surface area contributed by atoms with E-state index >= 15 is 0 Å². The third kappa shape index (κ3) is 5.40. The number of pyridine rings is 1. The van der Waals surface area contributed by atoms with Crippen LogP contribution in [0.3, 0.4) is 0 Å². The molecule has 2 aliphatic rings. The number of alkyl halides is 3. The molecule has 2 N–H and O–H groups in total. The quantitative estimate of drug-likeness (QED) is 0.670. The molecule has 174 valence electrons. The van der Waals surface area contributed by atoms with Crippen LogP contribution in [0.2, 0.25) is 0 Å². The molecule has 2 unspecified atom stereocenters. The Morgan fingerprint density at radius 2 is 2.16 bits per heavy atom. The number of rotatable bonds is 7. The van der Waals surface area contributed by atoms with E-state index in [2.05, 4.69) is 17.2 Å². The Morgan fingerprint density at radius 3 is 2.81 bits per heavy atom. The first-order valence-electron chi connectivity index (χ1n) is 11.4. The van der Waals surface area contributed by atoms with Crippen LogP contribution in [0.25, 0.3) is 0 Å². The number of nitrogens with one attached hydrogen (secondary N) is 1. The second-order valence-corrected chi connectivity index (χ2v) is 9.34. The monoisotopic (exact) mass is 441 g/mol. The third-order valence-corrected chi connectivity index (χ3v) is 6.84. The predicted molar refractivity (Wildman–Crippen MR) is 112 cm³/mol. The van der Waals surface area contributed by atoms with Gasteiger partial charge in [0.2, 0.25) is 5.91 Å². The first-order valence-corrected chi connectivity index (χ1v) is 11.4. The maximum absolute atomic E-state index is 13.4. The van der Waals surface area contributed by atoms with Gasteiger partial charge >= 0.3 is 6.18 Å². The summed E-state index contributed by atoms with van der Waals surface area (Å²) < 4.78 is 39.2. The van der Waals surface area contributed by atoms with Crippen LogP contribution in [0, 0.1) is 5.41 Å². The van der Waals surface area contributed by atoms with Crippen LogP contribution < -0.4 is 5.32 Å². The molecule has 0 bridgehead atoms. The fourth-order valence-electron chi connectivity index (χ4n) is 5.00. The molecule has 0 radical (unpaired) electrons. The van der Waals surface area contributed by atoms with Crippen molar-refractivity contribution in [1.29, 1.82) is 0 Å². The number of aliphatic hydroxyl groups is 1. The fourth-order valence-corrected chi connectivity index (χ4v) is 5.00. The zero-order chi connectivity index (χ0) is 22.8. The Hall–Kier alpha value is -1.67. The number of nitrogens with zero attached hydrogens (tertiary/aromatic N) is 2. The van der Waals surface area contributed by atoms with Crippen molar-refractivity contribution in [3.63, 3.8) is 0 Å². The normalized spacial score (nSPS) is 25.9. The van der Waals surface area contributed by atoms with E-state index in [1.54, 1.807) is 4.90 Å². The van der Waals surface area contributed by atoms with Crippen molar-refractivity contribution in [3.8, 4) is 0 Å². The van der Waals surface area contributed by atoms with E-state index < -0.39 is 23.3 Å². The second-order valence-electron chi connectivity index (χ2n) is 9.34. The zero-order valence-electron chi connectivity index (χ0n) is 18.6. The SMILES string of the molecule is CCCC(N[C@@H]1CC[C@](C)(C(=O)N2CCc3ncc(C(F)(F)F)cc3C2)C1)C(O)CC. The number of carbonyl (C=O) groups excluding carboxylic acids is 1. The van der Waals surface area contributed by atoms with Gasteiger partial charge in [0.15, 0.2) is 0 Å². The van der Waals surface area contributed by atoms with Crippen molar-refractivity contribution >= 4 is 5.91 Å². The lowest BCUT2D eigenvalue weighted by atomic mass is 9.85. The number of halogens is 3. The maximum atomic E-state index is 13.4. The highest BCUT2D eigenvalue weighted by atomic mass is 19.4. The number of hydrogen-bond donors (Lipinski definition) is 2. The summed E-state index contributed by atoms with van der Waals surface area (Å²) in [6, 6.07) is 1.30. The molecule has 8 heteroatoms. The van der Waals surface area contributed by atoms with Gasteiger partial charge in [-0.05, 0) is 43.7 Å². The molecule has 1 saturated carbocycles. The first-order chi connectivity index (χ1) is 14.6. The van der Waals surface area contributed by atoms with Crippen LogP contribution in [-0.4, -0.2) is 45.6 Å². The molecule has 1 aromatic heterocycles. The third-order valence-electron chi connectivity index (χ3n) is 6.84. The summed E-state index contributed by atoms with van der Waals surface area (Å²) in [5.74, 6) is 0.00273. The number of aliphatic hydroxyl groups excluding tert-OH is 1. The van der Waals surface area contributed by atoms with Gasteiger partial charge in [-0.15, -0.1) is 0 Å². The van der Waals surface area contributed by atoms with Gasteiger partial charge in [0.25, 0.3) is 0 Å². The molecule has 0 spiro atoms. The highest BCUT2D eigenvalue weighted by molar-refractivity contribution is 5.83. The van der Waals surface area contributed by atoms with Crippen LogP contribution in [-0.2, 0) is 23.9 Å². The van der Waals surface area contributed by atoms with Gasteiger partial charge in [0, 0.05) is 48.9 Å². The molecule has 0 saturated heterocycles. The molecule has 1 aromatic rings. The van der Waals surface area contributed by atoms with Crippen molar-refractivity contribution in [2.24, 2.45) is 5.41 Å². The highest BCUT2D eigenvalue weighted by Crippen LogP contribution is 2.41. The maximum Gasteiger partial charge on any atom is 0.417 e. The Labute approximate surface area is 182 Å². The molecule has 3 rings (SSSR count). The second kappa shape index (κ2) is 9.45. The van der Waals surface area contributed by atoms with E-state index in [-0.39, 0.29) is 24.5 Å². The van der Waals surface area contributed by atoms with E-state index in [4.69, 9.17) is 0 Å². The number of carbonyl (C=O) groups is 1. The van der Waals surface area contributed by atoms with Crippen LogP contribution in [0.1, 0.15) is 76.1 Å². The van der Waals surface area contributed by atoms with Gasteiger partial charge in [-0.1, -0.05) is 27.2 Å². The van der Waals surface area contributed by atoms with Crippen molar-refractivity contribution in [2.45, 2.75) is 96.6 Å². The lowest BCUT2D eigenvalue weighted by Gasteiger charge is -2.35. The summed E-state index contributed by atoms with van der Waals surface area (Å²) in [5.41, 5.74) is -0.185. The minimum absolute atomic E-state index is 0.00273. The van der Waals surface area contributed by atoms with Crippen LogP contribution in [0.4, 0.5) is 13.2 Å². The summed E-state index contributed by atoms with van der Waals surface area (Å²) in [6.45, 7) is 6.66. The highest BCUT2D eigenvalue weighted by Gasteiger charge is 2.44. The molecule has 4 atom stereocenters. The molecule has 31 heavy (non-hydrogen) atoms. The largest absolute Gasteiger partial charge is 0.417 e. The van der Waals surface area contributed by atoms with Crippen LogP contribution in [0.5, 0.6) is 0 Å². The van der Waals surface area contributed by atoms with Gasteiger partial charge in [-0.2, -0.15) is 13.2 Å². The summed E-state index contributed by atoms with van der Waals surface area (Å²) in [6.07, 6.45) is 1.29. The van der Waals surface area contributed by atoms with E-state index in [0.29, 0.717) is 37.1 Å². The van der Waals surface area contributed by atoms with Gasteiger partial charge in [0.1, 0.15) is 0 Å². The lowest BCUT2D eigenvalue weighted by molar-refractivity contribution is -0.142. The molecular formula is C23H34F3N3O2. The van der Waals surface area contributed by atoms with Gasteiger partial charge in [-0.25, -0.2) is 0 Å². The summed E-state index contributed by atoms with van der Waals surface area (Å²) in [4.78, 5) is 19.0. The number of aromatic nitrogens is 1.